The number of hydrogen-bond donors (Lipinski definition) is 0. The number of rotatable bonds is 24. The fourth-order valence-electron chi connectivity index (χ4n) is 6.97. The molecule has 2 aromatic rings. The van der Waals surface area contributed by atoms with E-state index in [4.69, 9.17) is 4.74 Å². The van der Waals surface area contributed by atoms with Gasteiger partial charge in [-0.3, -0.25) is 0 Å². The van der Waals surface area contributed by atoms with Crippen molar-refractivity contribution in [3.63, 3.8) is 0 Å². The van der Waals surface area contributed by atoms with Crippen LogP contribution in [0.3, 0.4) is 0 Å². The Labute approximate surface area is 300 Å². The molecule has 2 aliphatic rings. The van der Waals surface area contributed by atoms with E-state index in [0.717, 1.165) is 35.7 Å². The molecule has 1 aliphatic carbocycles. The molecule has 0 aromatic heterocycles. The Hall–Kier alpha value is -3.39. The first-order valence-corrected chi connectivity index (χ1v) is 20.2. The van der Waals surface area contributed by atoms with Crippen LogP contribution < -0.4 is 0 Å². The van der Waals surface area contributed by atoms with Crippen molar-refractivity contribution < 1.29 is 9.31 Å². The average Bonchev–Trinajstić information content (AvgIpc) is 3.16. The Morgan fingerprint density at radius 2 is 0.776 bits per heavy atom. The van der Waals surface area contributed by atoms with E-state index in [1.807, 2.05) is 0 Å². The summed E-state index contributed by atoms with van der Waals surface area (Å²) in [6.45, 7) is 6.93. The van der Waals surface area contributed by atoms with E-state index in [1.165, 1.54) is 145 Å². The standard InChI is InChI=1S/C47H66NO/c1-3-5-7-9-11-13-15-17-19-27-37-48(38-28-20-18-16-14-12-10-8-6-4-2)45-35-33-41(34-36-45)44-39-46(42-29-23-21-24-30-42)49-47(40-44)43-31-25-22-26-32-43/h21-26,29-36,39-40H,3-20,27-28,37-38H2,1-2H3/q+1. The Bertz CT molecular complexity index is 1290. The van der Waals surface area contributed by atoms with E-state index in [2.05, 4.69) is 116 Å². The van der Waals surface area contributed by atoms with E-state index in [-0.39, 0.29) is 0 Å². The van der Waals surface area contributed by atoms with E-state index in [9.17, 15) is 0 Å². The number of benzene rings is 2. The van der Waals surface area contributed by atoms with Crippen molar-refractivity contribution in [1.82, 2.24) is 0 Å². The smallest absolute Gasteiger partial charge is 0.199 e. The molecule has 49 heavy (non-hydrogen) atoms. The maximum Gasteiger partial charge on any atom is 0.199 e. The highest BCUT2D eigenvalue weighted by molar-refractivity contribution is 6.02. The minimum atomic E-state index is 0.893. The van der Waals surface area contributed by atoms with Crippen LogP contribution in [0.4, 0.5) is 0 Å². The Morgan fingerprint density at radius 1 is 0.408 bits per heavy atom. The Morgan fingerprint density at radius 3 is 1.16 bits per heavy atom. The van der Waals surface area contributed by atoms with Crippen molar-refractivity contribution in [2.45, 2.75) is 142 Å². The molecular formula is C47H66NO+. The van der Waals surface area contributed by atoms with Gasteiger partial charge in [-0.25, -0.2) is 4.58 Å². The molecule has 1 aliphatic heterocycles. The van der Waals surface area contributed by atoms with Gasteiger partial charge in [-0.2, -0.15) is 0 Å². The fraction of sp³-hybridized carbons (Fsp3) is 0.511. The molecular weight excluding hydrogens is 595 g/mol. The second kappa shape index (κ2) is 23.9. The lowest BCUT2D eigenvalue weighted by Gasteiger charge is -2.20. The minimum Gasteiger partial charge on any atom is -0.456 e. The maximum atomic E-state index is 6.47. The van der Waals surface area contributed by atoms with Crippen LogP contribution in [0.25, 0.3) is 11.5 Å². The van der Waals surface area contributed by atoms with E-state index in [0.29, 0.717) is 0 Å². The summed E-state index contributed by atoms with van der Waals surface area (Å²) < 4.78 is 9.14. The quantitative estimate of drug-likeness (QED) is 0.0806. The summed E-state index contributed by atoms with van der Waals surface area (Å²) in [5.74, 6) is 1.79. The van der Waals surface area contributed by atoms with Crippen LogP contribution in [0.5, 0.6) is 0 Å². The summed E-state index contributed by atoms with van der Waals surface area (Å²) in [5.41, 5.74) is 5.97. The molecule has 0 amide bonds. The number of unbranched alkanes of at least 4 members (excludes halogenated alkanes) is 18. The van der Waals surface area contributed by atoms with Gasteiger partial charge in [0, 0.05) is 36.1 Å². The molecule has 0 saturated heterocycles. The highest BCUT2D eigenvalue weighted by Crippen LogP contribution is 2.34. The predicted molar refractivity (Wildman–Crippen MR) is 214 cm³/mol. The molecule has 0 fully saturated rings. The first kappa shape index (κ1) is 38.4. The number of ether oxygens (including phenoxy) is 1. The van der Waals surface area contributed by atoms with Gasteiger partial charge in [0.1, 0.15) is 24.6 Å². The number of nitrogens with zero attached hydrogens (tertiary/aromatic N) is 1. The van der Waals surface area contributed by atoms with Gasteiger partial charge in [-0.15, -0.1) is 0 Å². The molecule has 0 N–H and O–H groups in total. The van der Waals surface area contributed by atoms with Crippen molar-refractivity contribution in [1.29, 1.82) is 0 Å². The number of allylic oxidation sites excluding steroid dienone is 8. The van der Waals surface area contributed by atoms with Gasteiger partial charge < -0.3 is 4.74 Å². The van der Waals surface area contributed by atoms with Crippen molar-refractivity contribution in [3.05, 3.63) is 119 Å². The molecule has 2 nitrogen and oxygen atoms in total. The van der Waals surface area contributed by atoms with Gasteiger partial charge >= 0.3 is 0 Å². The fourth-order valence-corrected chi connectivity index (χ4v) is 6.97. The summed E-state index contributed by atoms with van der Waals surface area (Å²) in [4.78, 5) is 0. The van der Waals surface area contributed by atoms with Crippen molar-refractivity contribution >= 4 is 17.2 Å². The highest BCUT2D eigenvalue weighted by atomic mass is 16.5. The zero-order chi connectivity index (χ0) is 34.2. The van der Waals surface area contributed by atoms with Crippen LogP contribution >= 0.6 is 0 Å². The molecule has 264 valence electrons. The third kappa shape index (κ3) is 14.5. The topological polar surface area (TPSA) is 12.2 Å². The first-order chi connectivity index (χ1) is 24.3. The molecule has 2 heteroatoms. The van der Waals surface area contributed by atoms with E-state index < -0.39 is 0 Å². The molecule has 0 saturated carbocycles. The molecule has 4 rings (SSSR count). The van der Waals surface area contributed by atoms with Crippen LogP contribution in [0.1, 0.15) is 153 Å². The molecule has 1 heterocycles. The molecule has 2 aromatic carbocycles. The average molecular weight is 661 g/mol. The third-order valence-corrected chi connectivity index (χ3v) is 10.0. The lowest BCUT2D eigenvalue weighted by molar-refractivity contribution is -0.527. The SMILES string of the molecule is CCCCCCCCCCCC[N+](CCCCCCCCCCCC)=C1C=CC(=C2C=C(c3ccccc3)OC(c3ccccc3)=C2)C=C1. The van der Waals surface area contributed by atoms with Crippen LogP contribution in [0.15, 0.2) is 108 Å². The molecule has 0 spiro atoms. The van der Waals surface area contributed by atoms with Gasteiger partial charge in [0.2, 0.25) is 0 Å². The van der Waals surface area contributed by atoms with Crippen LogP contribution in [-0.2, 0) is 4.74 Å². The molecule has 0 radical (unpaired) electrons. The van der Waals surface area contributed by atoms with E-state index >= 15 is 0 Å². The van der Waals surface area contributed by atoms with Crippen molar-refractivity contribution in [3.8, 4) is 0 Å². The highest BCUT2D eigenvalue weighted by Gasteiger charge is 2.18. The van der Waals surface area contributed by atoms with Crippen LogP contribution in [0, 0.1) is 0 Å². The monoisotopic (exact) mass is 661 g/mol. The van der Waals surface area contributed by atoms with Gasteiger partial charge in [-0.05, 0) is 48.3 Å². The zero-order valence-corrected chi connectivity index (χ0v) is 31.1. The lowest BCUT2D eigenvalue weighted by Crippen LogP contribution is -2.22. The maximum absolute atomic E-state index is 6.47. The summed E-state index contributed by atoms with van der Waals surface area (Å²) in [6, 6.07) is 20.9. The second-order valence-corrected chi connectivity index (χ2v) is 14.2. The van der Waals surface area contributed by atoms with Gasteiger partial charge in [0.25, 0.3) is 0 Å². The van der Waals surface area contributed by atoms with Gasteiger partial charge in [0.05, 0.1) is 0 Å². The van der Waals surface area contributed by atoms with Crippen molar-refractivity contribution in [2.24, 2.45) is 0 Å². The normalized spacial score (nSPS) is 14.2. The van der Waals surface area contributed by atoms with E-state index in [1.54, 1.807) is 0 Å². The molecule has 0 unspecified atom stereocenters. The van der Waals surface area contributed by atoms with Gasteiger partial charge in [0.15, 0.2) is 5.71 Å². The summed E-state index contributed by atoms with van der Waals surface area (Å²) in [5, 5.41) is 0. The summed E-state index contributed by atoms with van der Waals surface area (Å²) in [6.07, 6.45) is 41.4. The minimum absolute atomic E-state index is 0.893. The second-order valence-electron chi connectivity index (χ2n) is 14.2. The Balaban J connectivity index is 1.40. The summed E-state index contributed by atoms with van der Waals surface area (Å²) >= 11 is 0. The van der Waals surface area contributed by atoms with Crippen LogP contribution in [0.2, 0.25) is 0 Å². The summed E-state index contributed by atoms with van der Waals surface area (Å²) in [7, 11) is 0. The number of hydrogen-bond acceptors (Lipinski definition) is 1. The molecule has 0 bridgehead atoms. The lowest BCUT2D eigenvalue weighted by atomic mass is 9.97. The molecule has 0 atom stereocenters. The Kier molecular flexibility index (Phi) is 18.7. The third-order valence-electron chi connectivity index (χ3n) is 10.0. The first-order valence-electron chi connectivity index (χ1n) is 20.2. The predicted octanol–water partition coefficient (Wildman–Crippen LogP) is 13.8. The largest absolute Gasteiger partial charge is 0.456 e. The van der Waals surface area contributed by atoms with Crippen molar-refractivity contribution in [2.75, 3.05) is 13.1 Å². The van der Waals surface area contributed by atoms with Gasteiger partial charge in [-0.1, -0.05) is 177 Å². The van der Waals surface area contributed by atoms with Crippen LogP contribution in [-0.4, -0.2) is 23.4 Å². The zero-order valence-electron chi connectivity index (χ0n) is 31.1.